The number of carbonyl (C=O) groups is 1. The summed E-state index contributed by atoms with van der Waals surface area (Å²) in [7, 11) is 0. The van der Waals surface area contributed by atoms with Crippen molar-refractivity contribution in [2.75, 3.05) is 13.1 Å². The van der Waals surface area contributed by atoms with Crippen LogP contribution >= 0.6 is 15.9 Å². The van der Waals surface area contributed by atoms with Gasteiger partial charge in [-0.15, -0.1) is 13.2 Å². The molecule has 0 radical (unpaired) electrons. The fraction of sp³-hybridized carbons (Fsp3) is 0.154. The van der Waals surface area contributed by atoms with Crippen molar-refractivity contribution in [2.45, 2.75) is 0 Å². The first-order valence-corrected chi connectivity index (χ1v) is 5.86. The highest BCUT2D eigenvalue weighted by molar-refractivity contribution is 9.10. The minimum Gasteiger partial charge on any atom is -0.331 e. The Kier molecular flexibility index (Phi) is 5.10. The van der Waals surface area contributed by atoms with E-state index in [4.69, 9.17) is 0 Å². The third-order valence-corrected chi connectivity index (χ3v) is 2.97. The van der Waals surface area contributed by atoms with Crippen LogP contribution < -0.4 is 0 Å². The SMILES string of the molecule is C=CCN(CC=C)C(=O)c1cccc(F)c1Br. The molecule has 1 amide bonds. The first kappa shape index (κ1) is 13.6. The molecule has 2 nitrogen and oxygen atoms in total. The van der Waals surface area contributed by atoms with E-state index in [0.29, 0.717) is 18.7 Å². The van der Waals surface area contributed by atoms with Gasteiger partial charge >= 0.3 is 0 Å². The van der Waals surface area contributed by atoms with Crippen LogP contribution in [0.1, 0.15) is 10.4 Å². The first-order chi connectivity index (χ1) is 8.11. The van der Waals surface area contributed by atoms with Crippen LogP contribution in [0.2, 0.25) is 0 Å². The van der Waals surface area contributed by atoms with E-state index >= 15 is 0 Å². The number of carbonyl (C=O) groups excluding carboxylic acids is 1. The molecule has 0 aliphatic rings. The second-order valence-electron chi connectivity index (χ2n) is 3.39. The topological polar surface area (TPSA) is 20.3 Å². The second kappa shape index (κ2) is 6.35. The maximum absolute atomic E-state index is 13.3. The number of amides is 1. The van der Waals surface area contributed by atoms with Crippen LogP contribution in [0.15, 0.2) is 48.0 Å². The Bertz CT molecular complexity index is 435. The fourth-order valence-corrected chi connectivity index (χ4v) is 1.83. The smallest absolute Gasteiger partial charge is 0.255 e. The van der Waals surface area contributed by atoms with Crippen LogP contribution in [-0.2, 0) is 0 Å². The van der Waals surface area contributed by atoms with Crippen LogP contribution in [0.4, 0.5) is 4.39 Å². The normalized spacial score (nSPS) is 9.76. The summed E-state index contributed by atoms with van der Waals surface area (Å²) < 4.78 is 13.5. The van der Waals surface area contributed by atoms with E-state index in [0.717, 1.165) is 0 Å². The minimum absolute atomic E-state index is 0.183. The molecular weight excluding hydrogens is 285 g/mol. The monoisotopic (exact) mass is 297 g/mol. The standard InChI is InChI=1S/C13H13BrFNO/c1-3-8-16(9-4-2)13(17)10-6-5-7-11(15)12(10)14/h3-7H,1-2,8-9H2. The fourth-order valence-electron chi connectivity index (χ4n) is 1.39. The zero-order valence-corrected chi connectivity index (χ0v) is 10.9. The molecule has 1 aromatic carbocycles. The molecule has 1 aromatic rings. The molecule has 0 heterocycles. The third kappa shape index (κ3) is 3.27. The molecule has 0 spiro atoms. The molecule has 0 saturated heterocycles. The van der Waals surface area contributed by atoms with Gasteiger partial charge in [-0.3, -0.25) is 4.79 Å². The average Bonchev–Trinajstić information content (AvgIpc) is 2.31. The number of rotatable bonds is 5. The van der Waals surface area contributed by atoms with E-state index in [1.807, 2.05) is 0 Å². The van der Waals surface area contributed by atoms with Gasteiger partial charge in [0.2, 0.25) is 0 Å². The Morgan fingerprint density at radius 1 is 1.35 bits per heavy atom. The quantitative estimate of drug-likeness (QED) is 0.763. The van der Waals surface area contributed by atoms with Gasteiger partial charge in [-0.2, -0.15) is 0 Å². The Morgan fingerprint density at radius 2 is 1.94 bits per heavy atom. The Morgan fingerprint density at radius 3 is 2.47 bits per heavy atom. The number of halogens is 2. The molecule has 0 unspecified atom stereocenters. The predicted octanol–water partition coefficient (Wildman–Crippen LogP) is 3.40. The highest BCUT2D eigenvalue weighted by atomic mass is 79.9. The molecule has 1 rings (SSSR count). The van der Waals surface area contributed by atoms with E-state index in [2.05, 4.69) is 29.1 Å². The predicted molar refractivity (Wildman–Crippen MR) is 70.4 cm³/mol. The molecule has 0 aliphatic carbocycles. The summed E-state index contributed by atoms with van der Waals surface area (Å²) in [5.74, 6) is -0.704. The lowest BCUT2D eigenvalue weighted by Gasteiger charge is -2.20. The number of hydrogen-bond acceptors (Lipinski definition) is 1. The van der Waals surface area contributed by atoms with Crippen molar-refractivity contribution in [2.24, 2.45) is 0 Å². The molecule has 0 N–H and O–H groups in total. The summed E-state index contributed by atoms with van der Waals surface area (Å²) in [5.41, 5.74) is 0.300. The Hall–Kier alpha value is -1.42. The van der Waals surface area contributed by atoms with E-state index < -0.39 is 5.82 Å². The zero-order valence-electron chi connectivity index (χ0n) is 9.33. The molecule has 0 saturated carbocycles. The molecule has 0 aromatic heterocycles. The minimum atomic E-state index is -0.451. The molecular formula is C13H13BrFNO. The highest BCUT2D eigenvalue weighted by Crippen LogP contribution is 2.21. The molecule has 0 bridgehead atoms. The Balaban J connectivity index is 3.04. The Labute approximate surface area is 109 Å². The van der Waals surface area contributed by atoms with E-state index in [-0.39, 0.29) is 10.4 Å². The van der Waals surface area contributed by atoms with E-state index in [1.54, 1.807) is 18.2 Å². The summed E-state index contributed by atoms with van der Waals surface area (Å²) in [6.45, 7) is 7.96. The van der Waals surface area contributed by atoms with Crippen molar-refractivity contribution in [3.05, 3.63) is 59.4 Å². The molecule has 0 fully saturated rings. The first-order valence-electron chi connectivity index (χ1n) is 5.07. The summed E-state index contributed by atoms with van der Waals surface area (Å²) in [6, 6.07) is 4.38. The largest absolute Gasteiger partial charge is 0.331 e. The van der Waals surface area contributed by atoms with Gasteiger partial charge in [0.1, 0.15) is 5.82 Å². The van der Waals surface area contributed by atoms with Crippen molar-refractivity contribution in [3.63, 3.8) is 0 Å². The lowest BCUT2D eigenvalue weighted by atomic mass is 10.2. The average molecular weight is 298 g/mol. The lowest BCUT2D eigenvalue weighted by molar-refractivity contribution is 0.0789. The van der Waals surface area contributed by atoms with Crippen LogP contribution in [-0.4, -0.2) is 23.9 Å². The summed E-state index contributed by atoms with van der Waals surface area (Å²) in [5, 5.41) is 0. The van der Waals surface area contributed by atoms with Crippen molar-refractivity contribution in [3.8, 4) is 0 Å². The van der Waals surface area contributed by atoms with Crippen molar-refractivity contribution < 1.29 is 9.18 Å². The number of nitrogens with zero attached hydrogens (tertiary/aromatic N) is 1. The zero-order chi connectivity index (χ0) is 12.8. The van der Waals surface area contributed by atoms with Gasteiger partial charge in [0.15, 0.2) is 0 Å². The third-order valence-electron chi connectivity index (χ3n) is 2.17. The van der Waals surface area contributed by atoms with Gasteiger partial charge in [0.05, 0.1) is 10.0 Å². The van der Waals surface area contributed by atoms with Crippen LogP contribution in [0.5, 0.6) is 0 Å². The maximum atomic E-state index is 13.3. The van der Waals surface area contributed by atoms with Crippen LogP contribution in [0.25, 0.3) is 0 Å². The van der Waals surface area contributed by atoms with Gasteiger partial charge in [-0.05, 0) is 28.1 Å². The second-order valence-corrected chi connectivity index (χ2v) is 4.18. The van der Waals surface area contributed by atoms with Crippen molar-refractivity contribution in [1.29, 1.82) is 0 Å². The molecule has 4 heteroatoms. The number of hydrogen-bond donors (Lipinski definition) is 0. The van der Waals surface area contributed by atoms with Crippen molar-refractivity contribution in [1.82, 2.24) is 4.90 Å². The number of benzene rings is 1. The molecule has 0 aliphatic heterocycles. The van der Waals surface area contributed by atoms with Gasteiger partial charge < -0.3 is 4.90 Å². The molecule has 0 atom stereocenters. The lowest BCUT2D eigenvalue weighted by Crippen LogP contribution is -2.31. The van der Waals surface area contributed by atoms with Gasteiger partial charge in [0, 0.05) is 13.1 Å². The van der Waals surface area contributed by atoms with Gasteiger partial charge in [-0.25, -0.2) is 4.39 Å². The van der Waals surface area contributed by atoms with Gasteiger partial charge in [0.25, 0.3) is 5.91 Å². The van der Waals surface area contributed by atoms with Gasteiger partial charge in [-0.1, -0.05) is 18.2 Å². The van der Waals surface area contributed by atoms with E-state index in [1.165, 1.54) is 17.0 Å². The summed E-state index contributed by atoms with van der Waals surface area (Å²) in [4.78, 5) is 13.7. The van der Waals surface area contributed by atoms with Crippen LogP contribution in [0.3, 0.4) is 0 Å². The van der Waals surface area contributed by atoms with Crippen molar-refractivity contribution >= 4 is 21.8 Å². The maximum Gasteiger partial charge on any atom is 0.255 e. The summed E-state index contributed by atoms with van der Waals surface area (Å²) in [6.07, 6.45) is 3.24. The van der Waals surface area contributed by atoms with Crippen LogP contribution in [0, 0.1) is 5.82 Å². The molecule has 90 valence electrons. The highest BCUT2D eigenvalue weighted by Gasteiger charge is 2.17. The van der Waals surface area contributed by atoms with E-state index in [9.17, 15) is 9.18 Å². The summed E-state index contributed by atoms with van der Waals surface area (Å²) >= 11 is 3.08. The molecule has 17 heavy (non-hydrogen) atoms.